The number of hydrogen-bond acceptors (Lipinski definition) is 2. The molecule has 0 unspecified atom stereocenters. The molecule has 2 aromatic rings. The van der Waals surface area contributed by atoms with Gasteiger partial charge in [-0.3, -0.25) is 4.98 Å². The van der Waals surface area contributed by atoms with Crippen LogP contribution >= 0.6 is 0 Å². The van der Waals surface area contributed by atoms with E-state index in [1.54, 1.807) is 7.11 Å². The molecule has 14 heavy (non-hydrogen) atoms. The Morgan fingerprint density at radius 1 is 1.29 bits per heavy atom. The maximum Gasteiger partial charge on any atom is 0.104 e. The Morgan fingerprint density at radius 2 is 2.00 bits per heavy atom. The first-order valence-electron chi connectivity index (χ1n) is 4.64. The third-order valence-corrected chi connectivity index (χ3v) is 2.74. The van der Waals surface area contributed by atoms with Crippen LogP contribution in [0.25, 0.3) is 10.9 Å². The van der Waals surface area contributed by atoms with Gasteiger partial charge in [0.1, 0.15) is 7.11 Å². The first kappa shape index (κ1) is 9.06. The summed E-state index contributed by atoms with van der Waals surface area (Å²) in [6, 6.07) is 1.98. The average molecular weight is 190 g/mol. The van der Waals surface area contributed by atoms with Crippen molar-refractivity contribution >= 4 is 10.9 Å². The Bertz CT molecular complexity index is 485. The Balaban J connectivity index is 2.95. The number of pyridine rings is 1. The van der Waals surface area contributed by atoms with Gasteiger partial charge in [-0.15, -0.1) is 0 Å². The summed E-state index contributed by atoms with van der Waals surface area (Å²) in [6.07, 6.45) is 1.81. The standard InChI is InChI=1S/C11H14N2O/c1-7-9(3)13(14-4)10-5-6-12-8(2)11(7)10/h5-6H,1-4H3. The van der Waals surface area contributed by atoms with Crippen LogP contribution in [0.4, 0.5) is 0 Å². The third kappa shape index (κ3) is 1.02. The molecule has 2 aromatic heterocycles. The van der Waals surface area contributed by atoms with Crippen LogP contribution in [0.15, 0.2) is 12.3 Å². The van der Waals surface area contributed by atoms with Crippen LogP contribution in [0.1, 0.15) is 17.0 Å². The smallest absolute Gasteiger partial charge is 0.104 e. The highest BCUT2D eigenvalue weighted by Crippen LogP contribution is 2.25. The lowest BCUT2D eigenvalue weighted by Gasteiger charge is -2.04. The van der Waals surface area contributed by atoms with Crippen molar-refractivity contribution in [3.8, 4) is 0 Å². The molecule has 2 heterocycles. The largest absolute Gasteiger partial charge is 0.417 e. The fourth-order valence-corrected chi connectivity index (χ4v) is 1.93. The Kier molecular flexibility index (Phi) is 1.95. The molecule has 0 saturated heterocycles. The number of hydrogen-bond donors (Lipinski definition) is 0. The van der Waals surface area contributed by atoms with Crippen LogP contribution in [0, 0.1) is 20.8 Å². The van der Waals surface area contributed by atoms with E-state index in [9.17, 15) is 0 Å². The predicted molar refractivity (Wildman–Crippen MR) is 56.4 cm³/mol. The lowest BCUT2D eigenvalue weighted by molar-refractivity contribution is 0.173. The quantitative estimate of drug-likeness (QED) is 0.688. The number of nitrogens with zero attached hydrogens (tertiary/aromatic N) is 2. The molecule has 0 saturated carbocycles. The molecule has 0 N–H and O–H groups in total. The molecule has 0 fully saturated rings. The zero-order valence-corrected chi connectivity index (χ0v) is 8.96. The van der Waals surface area contributed by atoms with Crippen LogP contribution in [0.5, 0.6) is 0 Å². The van der Waals surface area contributed by atoms with Crippen LogP contribution < -0.4 is 4.84 Å². The van der Waals surface area contributed by atoms with Crippen molar-refractivity contribution in [3.63, 3.8) is 0 Å². The molecule has 2 rings (SSSR count). The second-order valence-corrected chi connectivity index (χ2v) is 3.48. The zero-order chi connectivity index (χ0) is 10.3. The van der Waals surface area contributed by atoms with Gasteiger partial charge in [-0.25, -0.2) is 0 Å². The molecule has 3 heteroatoms. The van der Waals surface area contributed by atoms with E-state index in [0.717, 1.165) is 16.9 Å². The topological polar surface area (TPSA) is 27.1 Å². The number of aryl methyl sites for hydroxylation is 2. The molecule has 0 aliphatic rings. The number of rotatable bonds is 1. The summed E-state index contributed by atoms with van der Waals surface area (Å²) >= 11 is 0. The summed E-state index contributed by atoms with van der Waals surface area (Å²) in [4.78, 5) is 9.61. The van der Waals surface area contributed by atoms with E-state index in [1.807, 2.05) is 23.9 Å². The number of fused-ring (bicyclic) bond motifs is 1. The van der Waals surface area contributed by atoms with Crippen molar-refractivity contribution < 1.29 is 4.84 Å². The fourth-order valence-electron chi connectivity index (χ4n) is 1.93. The lowest BCUT2D eigenvalue weighted by atomic mass is 10.1. The molecule has 0 atom stereocenters. The highest BCUT2D eigenvalue weighted by atomic mass is 16.6. The minimum atomic E-state index is 1.05. The summed E-state index contributed by atoms with van der Waals surface area (Å²) in [5.41, 5.74) is 4.53. The molecule has 0 aromatic carbocycles. The maximum atomic E-state index is 5.32. The Morgan fingerprint density at radius 3 is 2.64 bits per heavy atom. The van der Waals surface area contributed by atoms with Gasteiger partial charge >= 0.3 is 0 Å². The second-order valence-electron chi connectivity index (χ2n) is 3.48. The Labute approximate surface area is 83.3 Å². The van der Waals surface area contributed by atoms with Crippen LogP contribution in [-0.4, -0.2) is 16.8 Å². The van der Waals surface area contributed by atoms with Crippen LogP contribution in [0.3, 0.4) is 0 Å². The molecule has 3 nitrogen and oxygen atoms in total. The van der Waals surface area contributed by atoms with Crippen LogP contribution in [0.2, 0.25) is 0 Å². The average Bonchev–Trinajstić information content (AvgIpc) is 2.41. The molecule has 0 aliphatic heterocycles. The van der Waals surface area contributed by atoms with E-state index in [2.05, 4.69) is 18.8 Å². The van der Waals surface area contributed by atoms with E-state index in [4.69, 9.17) is 4.84 Å². The SMILES string of the molecule is COn1c(C)c(C)c2c(C)nccc21. The highest BCUT2D eigenvalue weighted by Gasteiger charge is 2.12. The molecular formula is C11H14N2O. The van der Waals surface area contributed by atoms with Gasteiger partial charge in [0.2, 0.25) is 0 Å². The molecule has 0 bridgehead atoms. The molecule has 0 radical (unpaired) electrons. The van der Waals surface area contributed by atoms with Gasteiger partial charge < -0.3 is 4.84 Å². The van der Waals surface area contributed by atoms with E-state index >= 15 is 0 Å². The monoisotopic (exact) mass is 190 g/mol. The zero-order valence-electron chi connectivity index (χ0n) is 8.96. The van der Waals surface area contributed by atoms with Crippen molar-refractivity contribution in [3.05, 3.63) is 29.2 Å². The van der Waals surface area contributed by atoms with E-state index in [0.29, 0.717) is 0 Å². The van der Waals surface area contributed by atoms with Crippen molar-refractivity contribution in [2.75, 3.05) is 7.11 Å². The normalized spacial score (nSPS) is 10.9. The van der Waals surface area contributed by atoms with Crippen LogP contribution in [-0.2, 0) is 0 Å². The van der Waals surface area contributed by atoms with Gasteiger partial charge in [-0.05, 0) is 32.4 Å². The molecule has 74 valence electrons. The van der Waals surface area contributed by atoms with Gasteiger partial charge in [0, 0.05) is 17.3 Å². The fraction of sp³-hybridized carbons (Fsp3) is 0.364. The minimum absolute atomic E-state index is 1.05. The summed E-state index contributed by atoms with van der Waals surface area (Å²) in [6.45, 7) is 6.18. The van der Waals surface area contributed by atoms with Gasteiger partial charge in [0.25, 0.3) is 0 Å². The van der Waals surface area contributed by atoms with Gasteiger partial charge in [0.15, 0.2) is 0 Å². The highest BCUT2D eigenvalue weighted by molar-refractivity contribution is 5.86. The van der Waals surface area contributed by atoms with E-state index < -0.39 is 0 Å². The van der Waals surface area contributed by atoms with Gasteiger partial charge in [0.05, 0.1) is 11.2 Å². The summed E-state index contributed by atoms with van der Waals surface area (Å²) in [5, 5.41) is 1.20. The Hall–Kier alpha value is -1.51. The first-order chi connectivity index (χ1) is 6.66. The first-order valence-corrected chi connectivity index (χ1v) is 4.64. The second kappa shape index (κ2) is 3.01. The van der Waals surface area contributed by atoms with E-state index in [-0.39, 0.29) is 0 Å². The van der Waals surface area contributed by atoms with Crippen molar-refractivity contribution in [2.45, 2.75) is 20.8 Å². The lowest BCUT2D eigenvalue weighted by Crippen LogP contribution is -2.07. The molecular weight excluding hydrogens is 176 g/mol. The van der Waals surface area contributed by atoms with E-state index in [1.165, 1.54) is 10.9 Å². The van der Waals surface area contributed by atoms with Crippen molar-refractivity contribution in [1.29, 1.82) is 0 Å². The van der Waals surface area contributed by atoms with Gasteiger partial charge in [-0.2, -0.15) is 4.73 Å². The molecule has 0 aliphatic carbocycles. The summed E-state index contributed by atoms with van der Waals surface area (Å²) in [7, 11) is 1.68. The van der Waals surface area contributed by atoms with Gasteiger partial charge in [-0.1, -0.05) is 0 Å². The maximum absolute atomic E-state index is 5.32. The predicted octanol–water partition coefficient (Wildman–Crippen LogP) is 2.02. The minimum Gasteiger partial charge on any atom is -0.417 e. The van der Waals surface area contributed by atoms with Crippen molar-refractivity contribution in [2.24, 2.45) is 0 Å². The number of aromatic nitrogens is 2. The molecule has 0 spiro atoms. The third-order valence-electron chi connectivity index (χ3n) is 2.74. The molecule has 0 amide bonds. The summed E-state index contributed by atoms with van der Waals surface area (Å²) in [5.74, 6) is 0. The van der Waals surface area contributed by atoms with Crippen molar-refractivity contribution in [1.82, 2.24) is 9.71 Å². The summed E-state index contributed by atoms with van der Waals surface area (Å²) < 4.78 is 1.85.